The van der Waals surface area contributed by atoms with Gasteiger partial charge in [0.25, 0.3) is 0 Å². The number of hydrogen-bond donors (Lipinski definition) is 3. The maximum atomic E-state index is 5.99. The third-order valence-electron chi connectivity index (χ3n) is 3.51. The topological polar surface area (TPSA) is 93.6 Å². The minimum Gasteiger partial charge on any atom is -0.383 e. The number of nitrogens with two attached hydrogens (primary N) is 2. The normalized spacial score (nSPS) is 10.9. The van der Waals surface area contributed by atoms with Crippen LogP contribution in [0.4, 0.5) is 11.8 Å². The van der Waals surface area contributed by atoms with Crippen LogP contribution in [-0.2, 0) is 6.42 Å². The van der Waals surface area contributed by atoms with Gasteiger partial charge in [-0.3, -0.25) is 0 Å². The highest BCUT2D eigenvalue weighted by atomic mass is 32.1. The smallest absolute Gasteiger partial charge is 0.223 e. The molecule has 0 radical (unpaired) electrons. The number of hydrogen-bond acceptors (Lipinski definition) is 5. The summed E-state index contributed by atoms with van der Waals surface area (Å²) in [6.45, 7) is 1.99. The summed E-state index contributed by atoms with van der Waals surface area (Å²) in [4.78, 5) is 11.3. The van der Waals surface area contributed by atoms with Crippen molar-refractivity contribution in [3.63, 3.8) is 0 Å². The Labute approximate surface area is 127 Å². The van der Waals surface area contributed by atoms with Crippen molar-refractivity contribution in [2.75, 3.05) is 11.5 Å². The Morgan fingerprint density at radius 1 is 1.14 bits per heavy atom. The van der Waals surface area contributed by atoms with Crippen LogP contribution < -0.4 is 11.5 Å². The number of aromatic nitrogens is 3. The predicted molar refractivity (Wildman–Crippen MR) is 87.5 cm³/mol. The molecule has 0 fully saturated rings. The van der Waals surface area contributed by atoms with Crippen molar-refractivity contribution in [2.24, 2.45) is 0 Å². The maximum Gasteiger partial charge on any atom is 0.223 e. The van der Waals surface area contributed by atoms with Gasteiger partial charge in [-0.15, -0.1) is 0 Å². The molecule has 2 aromatic heterocycles. The number of H-pyrrole nitrogens is 1. The zero-order valence-corrected chi connectivity index (χ0v) is 12.4. The second-order valence-electron chi connectivity index (χ2n) is 4.91. The molecule has 1 aromatic carbocycles. The van der Waals surface area contributed by atoms with Crippen LogP contribution in [0.25, 0.3) is 11.0 Å². The van der Waals surface area contributed by atoms with Gasteiger partial charge in [0.1, 0.15) is 16.1 Å². The largest absolute Gasteiger partial charge is 0.383 e. The van der Waals surface area contributed by atoms with Gasteiger partial charge < -0.3 is 16.5 Å². The molecule has 0 saturated carbocycles. The lowest BCUT2D eigenvalue weighted by Gasteiger charge is -2.11. The molecule has 106 valence electrons. The van der Waals surface area contributed by atoms with E-state index in [2.05, 4.69) is 27.1 Å². The highest BCUT2D eigenvalue weighted by molar-refractivity contribution is 7.71. The second kappa shape index (κ2) is 5.14. The molecule has 0 atom stereocenters. The number of nitrogens with zero attached hydrogens (tertiary/aromatic N) is 2. The van der Waals surface area contributed by atoms with E-state index in [0.717, 1.165) is 22.9 Å². The van der Waals surface area contributed by atoms with Crippen molar-refractivity contribution in [2.45, 2.75) is 13.3 Å². The Morgan fingerprint density at radius 2 is 1.86 bits per heavy atom. The monoisotopic (exact) mass is 297 g/mol. The number of benzene rings is 1. The molecule has 21 heavy (non-hydrogen) atoms. The van der Waals surface area contributed by atoms with Gasteiger partial charge >= 0.3 is 0 Å². The molecule has 0 bridgehead atoms. The van der Waals surface area contributed by atoms with E-state index in [9.17, 15) is 0 Å². The molecule has 0 saturated heterocycles. The minimum atomic E-state index is 0.140. The molecule has 3 aromatic rings. The van der Waals surface area contributed by atoms with Crippen LogP contribution in [-0.4, -0.2) is 15.0 Å². The van der Waals surface area contributed by atoms with Gasteiger partial charge in [-0.1, -0.05) is 42.5 Å². The molecule has 5 N–H and O–H groups in total. The van der Waals surface area contributed by atoms with Crippen LogP contribution in [0, 0.1) is 11.6 Å². The van der Waals surface area contributed by atoms with E-state index in [0.29, 0.717) is 16.1 Å². The van der Waals surface area contributed by atoms with Gasteiger partial charge in [-0.05, 0) is 23.6 Å². The molecule has 5 nitrogen and oxygen atoms in total. The Morgan fingerprint density at radius 3 is 2.57 bits per heavy atom. The summed E-state index contributed by atoms with van der Waals surface area (Å²) in [5.41, 5.74) is 15.4. The van der Waals surface area contributed by atoms with Gasteiger partial charge in [-0.25, -0.2) is 0 Å². The highest BCUT2D eigenvalue weighted by Crippen LogP contribution is 2.26. The zero-order chi connectivity index (χ0) is 15.0. The molecule has 0 unspecified atom stereocenters. The lowest BCUT2D eigenvalue weighted by atomic mass is 10.0. The highest BCUT2D eigenvalue weighted by Gasteiger charge is 2.12. The molecular weight excluding hydrogens is 282 g/mol. The van der Waals surface area contributed by atoms with E-state index < -0.39 is 0 Å². The van der Waals surface area contributed by atoms with Crippen LogP contribution >= 0.6 is 12.2 Å². The molecule has 2 heterocycles. The lowest BCUT2D eigenvalue weighted by molar-refractivity contribution is 1.10. The van der Waals surface area contributed by atoms with Gasteiger partial charge in [-0.2, -0.15) is 9.97 Å². The summed E-state index contributed by atoms with van der Waals surface area (Å²) >= 11 is 5.46. The summed E-state index contributed by atoms with van der Waals surface area (Å²) < 4.78 is 0.654. The van der Waals surface area contributed by atoms with Crippen LogP contribution in [0.15, 0.2) is 30.3 Å². The fourth-order valence-electron chi connectivity index (χ4n) is 2.47. The average molecular weight is 297 g/mol. The predicted octanol–water partition coefficient (Wildman–Crippen LogP) is 2.75. The number of rotatable bonds is 2. The molecule has 0 aliphatic heterocycles. The third kappa shape index (κ3) is 2.45. The SMILES string of the molecule is Cc1c(Cc2ccccc2)c(=S)[nH]c2nc(N)nc(N)c12. The third-order valence-corrected chi connectivity index (χ3v) is 3.86. The summed E-state index contributed by atoms with van der Waals surface area (Å²) in [5.74, 6) is 0.511. The lowest BCUT2D eigenvalue weighted by Crippen LogP contribution is -2.05. The molecule has 0 aliphatic rings. The van der Waals surface area contributed by atoms with Crippen molar-refractivity contribution in [1.82, 2.24) is 15.0 Å². The van der Waals surface area contributed by atoms with Crippen LogP contribution in [0.2, 0.25) is 0 Å². The van der Waals surface area contributed by atoms with E-state index in [1.165, 1.54) is 5.56 Å². The average Bonchev–Trinajstić information content (AvgIpc) is 2.43. The first kappa shape index (κ1) is 13.5. The maximum absolute atomic E-state index is 5.99. The first-order chi connectivity index (χ1) is 10.1. The quantitative estimate of drug-likeness (QED) is 0.632. The Hall–Kier alpha value is -2.47. The first-order valence-electron chi connectivity index (χ1n) is 6.54. The summed E-state index contributed by atoms with van der Waals surface area (Å²) in [6, 6.07) is 10.2. The van der Waals surface area contributed by atoms with Crippen molar-refractivity contribution in [3.8, 4) is 0 Å². The Kier molecular flexibility index (Phi) is 3.31. The second-order valence-corrected chi connectivity index (χ2v) is 5.32. The van der Waals surface area contributed by atoms with Crippen LogP contribution in [0.1, 0.15) is 16.7 Å². The molecule has 0 amide bonds. The summed E-state index contributed by atoms with van der Waals surface area (Å²) in [6.07, 6.45) is 0.738. The first-order valence-corrected chi connectivity index (χ1v) is 6.95. The van der Waals surface area contributed by atoms with Gasteiger partial charge in [0, 0.05) is 6.42 Å². The van der Waals surface area contributed by atoms with Crippen LogP contribution in [0.5, 0.6) is 0 Å². The fraction of sp³-hybridized carbons (Fsp3) is 0.133. The van der Waals surface area contributed by atoms with E-state index >= 15 is 0 Å². The standard InChI is InChI=1S/C15H15N5S/c1-8-10(7-9-5-3-2-4-6-9)14(21)19-13-11(8)12(16)18-15(17)20-13/h2-6H,7H2,1H3,(H5,16,17,18,19,20,21). The Bertz CT molecular complexity index is 871. The van der Waals surface area contributed by atoms with Crippen LogP contribution in [0.3, 0.4) is 0 Å². The van der Waals surface area contributed by atoms with Crippen molar-refractivity contribution >= 4 is 35.0 Å². The summed E-state index contributed by atoms with van der Waals surface area (Å²) in [7, 11) is 0. The molecule has 3 rings (SSSR count). The zero-order valence-electron chi connectivity index (χ0n) is 11.6. The number of anilines is 2. The number of pyridine rings is 1. The van der Waals surface area contributed by atoms with E-state index in [1.807, 2.05) is 25.1 Å². The number of aryl methyl sites for hydroxylation is 1. The van der Waals surface area contributed by atoms with Gasteiger partial charge in [0.05, 0.1) is 5.39 Å². The van der Waals surface area contributed by atoms with E-state index in [1.54, 1.807) is 0 Å². The van der Waals surface area contributed by atoms with Crippen molar-refractivity contribution < 1.29 is 0 Å². The van der Waals surface area contributed by atoms with E-state index in [4.69, 9.17) is 23.7 Å². The molecular formula is C15H15N5S. The Balaban J connectivity index is 2.22. The number of nitrogens with one attached hydrogen (secondary N) is 1. The number of aromatic amines is 1. The van der Waals surface area contributed by atoms with Crippen molar-refractivity contribution in [1.29, 1.82) is 0 Å². The molecule has 6 heteroatoms. The number of fused-ring (bicyclic) bond motifs is 1. The summed E-state index contributed by atoms with van der Waals surface area (Å²) in [5, 5.41) is 0.781. The van der Waals surface area contributed by atoms with Gasteiger partial charge in [0.15, 0.2) is 0 Å². The van der Waals surface area contributed by atoms with Crippen molar-refractivity contribution in [3.05, 3.63) is 51.7 Å². The minimum absolute atomic E-state index is 0.140. The molecule has 0 spiro atoms. The number of nitrogen functional groups attached to an aromatic ring is 2. The van der Waals surface area contributed by atoms with Gasteiger partial charge in [0.2, 0.25) is 5.95 Å². The van der Waals surface area contributed by atoms with E-state index in [-0.39, 0.29) is 5.95 Å². The fourth-order valence-corrected chi connectivity index (χ4v) is 2.80. The molecule has 0 aliphatic carbocycles.